The first-order valence-electron chi connectivity index (χ1n) is 7.41. The maximum Gasteiger partial charge on any atom is 0.329 e. The molecule has 0 radical (unpaired) electrons. The second-order valence-electron chi connectivity index (χ2n) is 5.24. The molecule has 0 saturated carbocycles. The molecule has 0 aliphatic rings. The van der Waals surface area contributed by atoms with Crippen molar-refractivity contribution < 1.29 is 13.9 Å². The first-order valence-corrected chi connectivity index (χ1v) is 8.54. The van der Waals surface area contributed by atoms with Gasteiger partial charge in [-0.05, 0) is 12.3 Å². The van der Waals surface area contributed by atoms with E-state index in [0.29, 0.717) is 19.1 Å². The lowest BCUT2D eigenvalue weighted by Gasteiger charge is -2.12. The molecule has 0 bridgehead atoms. The smallest absolute Gasteiger partial charge is 0.328 e. The summed E-state index contributed by atoms with van der Waals surface area (Å²) >= 11 is 0. The third-order valence-corrected chi connectivity index (χ3v) is 3.49. The van der Waals surface area contributed by atoms with Crippen LogP contribution in [-0.2, 0) is 9.05 Å². The zero-order chi connectivity index (χ0) is 13.6. The molecule has 0 aliphatic carbocycles. The summed E-state index contributed by atoms with van der Waals surface area (Å²) in [6.45, 7) is 7.55. The fraction of sp³-hybridized carbons (Fsp3) is 1.00. The van der Waals surface area contributed by atoms with Gasteiger partial charge in [0.1, 0.15) is 0 Å². The molecule has 0 aromatic heterocycles. The van der Waals surface area contributed by atoms with E-state index in [1.807, 2.05) is 0 Å². The average molecular weight is 278 g/mol. The molecular weight excluding hydrogens is 247 g/mol. The highest BCUT2D eigenvalue weighted by molar-refractivity contribution is 7.40. The van der Waals surface area contributed by atoms with Crippen molar-refractivity contribution in [1.29, 1.82) is 0 Å². The Kier molecular flexibility index (Phi) is 14.0. The molecule has 0 saturated heterocycles. The van der Waals surface area contributed by atoms with Crippen LogP contribution < -0.4 is 0 Å². The Balaban J connectivity index is 3.10. The summed E-state index contributed by atoms with van der Waals surface area (Å²) in [5.74, 6) is 0.439. The molecular formula is C14H31O3P. The normalized spacial score (nSPS) is 13.2. The van der Waals surface area contributed by atoms with Crippen LogP contribution in [0.15, 0.2) is 0 Å². The van der Waals surface area contributed by atoms with Gasteiger partial charge in [-0.25, -0.2) is 0 Å². The highest BCUT2D eigenvalue weighted by Crippen LogP contribution is 2.33. The summed E-state index contributed by atoms with van der Waals surface area (Å²) in [5.41, 5.74) is 0. The van der Waals surface area contributed by atoms with Gasteiger partial charge < -0.3 is 13.9 Å². The van der Waals surface area contributed by atoms with Crippen LogP contribution in [0.25, 0.3) is 0 Å². The molecule has 0 heterocycles. The Morgan fingerprint density at radius 2 is 1.44 bits per heavy atom. The van der Waals surface area contributed by atoms with Gasteiger partial charge in [0.15, 0.2) is 0 Å². The van der Waals surface area contributed by atoms with Crippen molar-refractivity contribution in [3.8, 4) is 0 Å². The minimum absolute atomic E-state index is 0.439. The topological polar surface area (TPSA) is 38.7 Å². The summed E-state index contributed by atoms with van der Waals surface area (Å²) in [6.07, 6.45) is 10.2. The highest BCUT2D eigenvalue weighted by atomic mass is 31.2. The van der Waals surface area contributed by atoms with Crippen LogP contribution in [0.2, 0.25) is 0 Å². The second kappa shape index (κ2) is 13.7. The molecule has 1 atom stereocenters. The SMILES string of the molecule is CCCCCCCCCCOP(O)OCC(C)C. The molecule has 0 aliphatic heterocycles. The zero-order valence-corrected chi connectivity index (χ0v) is 13.3. The number of hydrogen-bond acceptors (Lipinski definition) is 3. The van der Waals surface area contributed by atoms with Gasteiger partial charge in [-0.2, -0.15) is 0 Å². The average Bonchev–Trinajstić information content (AvgIpc) is 2.34. The fourth-order valence-corrected chi connectivity index (χ4v) is 2.41. The Labute approximate surface area is 114 Å². The third kappa shape index (κ3) is 14.4. The standard InChI is InChI=1S/C14H31O3P/c1-4-5-6-7-8-9-10-11-12-16-18(15)17-13-14(2)3/h14-15H,4-13H2,1-3H3. The van der Waals surface area contributed by atoms with Crippen LogP contribution in [0.1, 0.15) is 72.1 Å². The molecule has 0 amide bonds. The van der Waals surface area contributed by atoms with E-state index in [1.54, 1.807) is 0 Å². The van der Waals surface area contributed by atoms with Gasteiger partial charge in [0.2, 0.25) is 0 Å². The monoisotopic (exact) mass is 278 g/mol. The van der Waals surface area contributed by atoms with Crippen LogP contribution in [-0.4, -0.2) is 18.1 Å². The maximum atomic E-state index is 9.42. The summed E-state index contributed by atoms with van der Waals surface area (Å²) < 4.78 is 10.4. The van der Waals surface area contributed by atoms with E-state index in [-0.39, 0.29) is 0 Å². The van der Waals surface area contributed by atoms with E-state index in [0.717, 1.165) is 6.42 Å². The van der Waals surface area contributed by atoms with Crippen molar-refractivity contribution >= 4 is 8.60 Å². The summed E-state index contributed by atoms with van der Waals surface area (Å²) in [4.78, 5) is 9.42. The molecule has 4 heteroatoms. The first-order chi connectivity index (χ1) is 8.66. The predicted octanol–water partition coefficient (Wildman–Crippen LogP) is 5.04. The van der Waals surface area contributed by atoms with Crippen LogP contribution in [0.3, 0.4) is 0 Å². The molecule has 1 unspecified atom stereocenters. The molecule has 0 fully saturated rings. The lowest BCUT2D eigenvalue weighted by molar-refractivity contribution is 0.181. The van der Waals surface area contributed by atoms with E-state index in [1.165, 1.54) is 44.9 Å². The Morgan fingerprint density at radius 3 is 2.00 bits per heavy atom. The molecule has 110 valence electrons. The quantitative estimate of drug-likeness (QED) is 0.379. The van der Waals surface area contributed by atoms with E-state index in [4.69, 9.17) is 9.05 Å². The Hall–Kier alpha value is 0.310. The fourth-order valence-electron chi connectivity index (χ4n) is 1.63. The Bertz CT molecular complexity index is 165. The largest absolute Gasteiger partial charge is 0.329 e. The van der Waals surface area contributed by atoms with Gasteiger partial charge in [0, 0.05) is 0 Å². The number of hydrogen-bond donors (Lipinski definition) is 1. The predicted molar refractivity (Wildman–Crippen MR) is 78.5 cm³/mol. The molecule has 0 aromatic rings. The minimum Gasteiger partial charge on any atom is -0.328 e. The van der Waals surface area contributed by atoms with Crippen molar-refractivity contribution in [2.75, 3.05) is 13.2 Å². The van der Waals surface area contributed by atoms with Gasteiger partial charge in [-0.15, -0.1) is 0 Å². The van der Waals surface area contributed by atoms with Crippen LogP contribution in [0.4, 0.5) is 0 Å². The molecule has 3 nitrogen and oxygen atoms in total. The van der Waals surface area contributed by atoms with Crippen molar-refractivity contribution in [3.05, 3.63) is 0 Å². The van der Waals surface area contributed by atoms with Gasteiger partial charge in [0.05, 0.1) is 13.2 Å². The molecule has 18 heavy (non-hydrogen) atoms. The first kappa shape index (κ1) is 18.3. The summed E-state index contributed by atoms with van der Waals surface area (Å²) in [6, 6.07) is 0. The van der Waals surface area contributed by atoms with E-state index < -0.39 is 8.60 Å². The van der Waals surface area contributed by atoms with Crippen molar-refractivity contribution in [3.63, 3.8) is 0 Å². The lowest BCUT2D eigenvalue weighted by Crippen LogP contribution is -2.00. The van der Waals surface area contributed by atoms with Crippen LogP contribution in [0.5, 0.6) is 0 Å². The van der Waals surface area contributed by atoms with Crippen molar-refractivity contribution in [2.24, 2.45) is 5.92 Å². The van der Waals surface area contributed by atoms with E-state index in [9.17, 15) is 4.89 Å². The van der Waals surface area contributed by atoms with Gasteiger partial charge >= 0.3 is 8.60 Å². The summed E-state index contributed by atoms with van der Waals surface area (Å²) in [7, 11) is -1.65. The van der Waals surface area contributed by atoms with Crippen LogP contribution in [0, 0.1) is 5.92 Å². The Morgan fingerprint density at radius 1 is 0.889 bits per heavy atom. The number of unbranched alkanes of at least 4 members (excludes halogenated alkanes) is 7. The molecule has 0 aromatic carbocycles. The highest BCUT2D eigenvalue weighted by Gasteiger charge is 2.07. The summed E-state index contributed by atoms with van der Waals surface area (Å²) in [5, 5.41) is 0. The number of rotatable bonds is 13. The van der Waals surface area contributed by atoms with E-state index >= 15 is 0 Å². The zero-order valence-electron chi connectivity index (χ0n) is 12.4. The maximum absolute atomic E-state index is 9.42. The van der Waals surface area contributed by atoms with Crippen molar-refractivity contribution in [2.45, 2.75) is 72.1 Å². The van der Waals surface area contributed by atoms with Gasteiger partial charge in [-0.1, -0.05) is 65.7 Å². The molecule has 1 N–H and O–H groups in total. The minimum atomic E-state index is -1.65. The van der Waals surface area contributed by atoms with Crippen molar-refractivity contribution in [1.82, 2.24) is 0 Å². The molecule has 0 spiro atoms. The van der Waals surface area contributed by atoms with E-state index in [2.05, 4.69) is 20.8 Å². The third-order valence-electron chi connectivity index (χ3n) is 2.72. The lowest BCUT2D eigenvalue weighted by atomic mass is 10.1. The second-order valence-corrected chi connectivity index (χ2v) is 6.23. The molecule has 0 rings (SSSR count). The van der Waals surface area contributed by atoms with Gasteiger partial charge in [-0.3, -0.25) is 0 Å². The van der Waals surface area contributed by atoms with Crippen LogP contribution >= 0.6 is 8.60 Å². The van der Waals surface area contributed by atoms with Gasteiger partial charge in [0.25, 0.3) is 0 Å².